The van der Waals surface area contributed by atoms with Crippen LogP contribution in [0, 0.1) is 6.92 Å². The van der Waals surface area contributed by atoms with Gasteiger partial charge in [-0.25, -0.2) is 0 Å². The summed E-state index contributed by atoms with van der Waals surface area (Å²) >= 11 is 0. The molecule has 2 N–H and O–H groups in total. The molecular weight excluding hydrogens is 396 g/mol. The molecule has 0 bridgehead atoms. The number of carbonyl (C=O) groups is 1. The third kappa shape index (κ3) is 4.45. The highest BCUT2D eigenvalue weighted by atomic mass is 16.5. The molecule has 3 aromatic rings. The van der Waals surface area contributed by atoms with Crippen LogP contribution in [0.2, 0.25) is 0 Å². The third-order valence-electron chi connectivity index (χ3n) is 5.39. The number of hydrogen-bond donors (Lipinski definition) is 1. The van der Waals surface area contributed by atoms with E-state index < -0.39 is 5.91 Å². The number of nitrogens with two attached hydrogens (primary N) is 1. The smallest absolute Gasteiger partial charge is 0.250 e. The topological polar surface area (TPSA) is 84.9 Å². The van der Waals surface area contributed by atoms with Gasteiger partial charge in [0.1, 0.15) is 11.5 Å². The van der Waals surface area contributed by atoms with E-state index >= 15 is 0 Å². The van der Waals surface area contributed by atoms with E-state index in [1.54, 1.807) is 28.4 Å². The number of methoxy groups -OCH3 is 4. The maximum Gasteiger partial charge on any atom is 0.250 e. The van der Waals surface area contributed by atoms with Gasteiger partial charge in [0.15, 0.2) is 11.5 Å². The van der Waals surface area contributed by atoms with Crippen molar-refractivity contribution >= 4 is 5.91 Å². The van der Waals surface area contributed by atoms with Gasteiger partial charge in [0.25, 0.3) is 5.91 Å². The predicted octanol–water partition coefficient (Wildman–Crippen LogP) is 3.84. The molecule has 1 amide bonds. The van der Waals surface area contributed by atoms with Crippen molar-refractivity contribution in [3.05, 3.63) is 59.3 Å². The highest BCUT2D eigenvalue weighted by Crippen LogP contribution is 2.36. The van der Waals surface area contributed by atoms with E-state index in [9.17, 15) is 4.79 Å². The zero-order valence-corrected chi connectivity index (χ0v) is 18.5. The first kappa shape index (κ1) is 22.1. The van der Waals surface area contributed by atoms with Crippen molar-refractivity contribution in [3.63, 3.8) is 0 Å². The fourth-order valence-electron chi connectivity index (χ4n) is 3.69. The molecule has 7 nitrogen and oxygen atoms in total. The van der Waals surface area contributed by atoms with Gasteiger partial charge in [0.2, 0.25) is 0 Å². The molecule has 1 aromatic heterocycles. The Bertz CT molecular complexity index is 1090. The Morgan fingerprint density at radius 3 is 2.19 bits per heavy atom. The minimum Gasteiger partial charge on any atom is -0.497 e. The van der Waals surface area contributed by atoms with Gasteiger partial charge >= 0.3 is 0 Å². The molecule has 3 rings (SSSR count). The largest absolute Gasteiger partial charge is 0.497 e. The van der Waals surface area contributed by atoms with Crippen molar-refractivity contribution in [1.82, 2.24) is 4.57 Å². The van der Waals surface area contributed by atoms with E-state index in [1.807, 2.05) is 49.4 Å². The van der Waals surface area contributed by atoms with Crippen molar-refractivity contribution in [2.75, 3.05) is 28.4 Å². The maximum atomic E-state index is 12.0. The molecule has 0 aliphatic heterocycles. The highest BCUT2D eigenvalue weighted by molar-refractivity contribution is 5.96. The molecule has 164 valence electrons. The molecule has 7 heteroatoms. The van der Waals surface area contributed by atoms with E-state index in [0.29, 0.717) is 35.1 Å². The van der Waals surface area contributed by atoms with Crippen LogP contribution in [-0.4, -0.2) is 38.9 Å². The van der Waals surface area contributed by atoms with Crippen LogP contribution in [0.4, 0.5) is 0 Å². The normalized spacial score (nSPS) is 10.6. The number of nitrogens with zero attached hydrogens (tertiary/aromatic N) is 1. The minimum absolute atomic E-state index is 0.462. The molecule has 0 unspecified atom stereocenters. The second kappa shape index (κ2) is 9.47. The second-order valence-electron chi connectivity index (χ2n) is 7.05. The lowest BCUT2D eigenvalue weighted by Gasteiger charge is -2.16. The lowest BCUT2D eigenvalue weighted by atomic mass is 10.1. The van der Waals surface area contributed by atoms with Crippen molar-refractivity contribution in [2.24, 2.45) is 5.73 Å². The molecule has 0 saturated carbocycles. The van der Waals surface area contributed by atoms with Gasteiger partial charge in [-0.3, -0.25) is 4.79 Å². The zero-order chi connectivity index (χ0) is 22.5. The van der Waals surface area contributed by atoms with E-state index in [-0.39, 0.29) is 0 Å². The predicted molar refractivity (Wildman–Crippen MR) is 119 cm³/mol. The molecule has 0 radical (unpaired) electrons. The summed E-state index contributed by atoms with van der Waals surface area (Å²) in [5.74, 6) is 2.24. The van der Waals surface area contributed by atoms with Crippen LogP contribution in [0.15, 0.2) is 42.5 Å². The lowest BCUT2D eigenvalue weighted by molar-refractivity contribution is 0.0999. The Balaban J connectivity index is 2.02. The van der Waals surface area contributed by atoms with Gasteiger partial charge in [-0.1, -0.05) is 6.07 Å². The summed E-state index contributed by atoms with van der Waals surface area (Å²) < 4.78 is 23.7. The first-order valence-corrected chi connectivity index (χ1v) is 9.86. The van der Waals surface area contributed by atoms with Crippen molar-refractivity contribution in [3.8, 4) is 34.3 Å². The molecule has 31 heavy (non-hydrogen) atoms. The van der Waals surface area contributed by atoms with Crippen LogP contribution in [0.5, 0.6) is 23.0 Å². The number of hydrogen-bond acceptors (Lipinski definition) is 5. The van der Waals surface area contributed by atoms with Gasteiger partial charge in [0, 0.05) is 23.9 Å². The standard InChI is InChI=1S/C24H28N2O5/c1-15-19(24(25)27)14-20(18-8-7-17(28-2)13-22(18)30-4)26(15)11-10-16-6-9-21(29-3)23(12-16)31-5/h6-9,12-14H,10-11H2,1-5H3,(H2,25,27). The fraction of sp³-hybridized carbons (Fsp3) is 0.292. The monoisotopic (exact) mass is 424 g/mol. The number of ether oxygens (including phenoxy) is 4. The second-order valence-corrected chi connectivity index (χ2v) is 7.05. The lowest BCUT2D eigenvalue weighted by Crippen LogP contribution is -2.13. The van der Waals surface area contributed by atoms with Crippen molar-refractivity contribution in [1.29, 1.82) is 0 Å². The van der Waals surface area contributed by atoms with Crippen LogP contribution >= 0.6 is 0 Å². The van der Waals surface area contributed by atoms with Crippen LogP contribution in [0.1, 0.15) is 21.6 Å². The average molecular weight is 424 g/mol. The molecule has 0 atom stereocenters. The summed E-state index contributed by atoms with van der Waals surface area (Å²) in [6, 6.07) is 13.3. The van der Waals surface area contributed by atoms with E-state index in [0.717, 1.165) is 28.9 Å². The number of aryl methyl sites for hydroxylation is 1. The van der Waals surface area contributed by atoms with Crippen LogP contribution in [0.25, 0.3) is 11.3 Å². The third-order valence-corrected chi connectivity index (χ3v) is 5.39. The van der Waals surface area contributed by atoms with Crippen LogP contribution in [0.3, 0.4) is 0 Å². The van der Waals surface area contributed by atoms with Crippen LogP contribution < -0.4 is 24.7 Å². The Labute approximate surface area is 182 Å². The number of rotatable bonds is 9. The van der Waals surface area contributed by atoms with Gasteiger partial charge < -0.3 is 29.2 Å². The van der Waals surface area contributed by atoms with E-state index in [1.165, 1.54) is 0 Å². The molecule has 0 spiro atoms. The Kier molecular flexibility index (Phi) is 6.74. The Hall–Kier alpha value is -3.61. The number of aromatic nitrogens is 1. The summed E-state index contributed by atoms with van der Waals surface area (Å²) in [4.78, 5) is 12.0. The summed E-state index contributed by atoms with van der Waals surface area (Å²) in [6.45, 7) is 2.54. The first-order valence-electron chi connectivity index (χ1n) is 9.86. The molecule has 1 heterocycles. The Morgan fingerprint density at radius 2 is 1.58 bits per heavy atom. The molecule has 0 saturated heterocycles. The minimum atomic E-state index is -0.462. The first-order chi connectivity index (χ1) is 14.9. The molecular formula is C24H28N2O5. The molecule has 0 fully saturated rings. The number of amides is 1. The van der Waals surface area contributed by atoms with Gasteiger partial charge in [-0.05, 0) is 49.2 Å². The number of primary amides is 1. The fourth-order valence-corrected chi connectivity index (χ4v) is 3.69. The summed E-state index contributed by atoms with van der Waals surface area (Å²) in [7, 11) is 6.44. The summed E-state index contributed by atoms with van der Waals surface area (Å²) in [5.41, 5.74) is 9.72. The van der Waals surface area contributed by atoms with Crippen molar-refractivity contribution in [2.45, 2.75) is 19.9 Å². The SMILES string of the molecule is COc1ccc(-c2cc(C(N)=O)c(C)n2CCc2ccc(OC)c(OC)c2)c(OC)c1. The molecule has 0 aliphatic carbocycles. The van der Waals surface area contributed by atoms with E-state index in [4.69, 9.17) is 24.7 Å². The van der Waals surface area contributed by atoms with E-state index in [2.05, 4.69) is 4.57 Å². The van der Waals surface area contributed by atoms with Gasteiger partial charge in [0.05, 0.1) is 39.7 Å². The average Bonchev–Trinajstić information content (AvgIpc) is 3.12. The zero-order valence-electron chi connectivity index (χ0n) is 18.5. The Morgan fingerprint density at radius 1 is 0.871 bits per heavy atom. The quantitative estimate of drug-likeness (QED) is 0.564. The van der Waals surface area contributed by atoms with Gasteiger partial charge in [-0.2, -0.15) is 0 Å². The molecule has 2 aromatic carbocycles. The number of carbonyl (C=O) groups excluding carboxylic acids is 1. The number of benzene rings is 2. The maximum absolute atomic E-state index is 12.0. The highest BCUT2D eigenvalue weighted by Gasteiger charge is 2.19. The summed E-state index contributed by atoms with van der Waals surface area (Å²) in [6.07, 6.45) is 0.722. The van der Waals surface area contributed by atoms with Crippen LogP contribution in [-0.2, 0) is 13.0 Å². The van der Waals surface area contributed by atoms with Gasteiger partial charge in [-0.15, -0.1) is 0 Å². The van der Waals surface area contributed by atoms with Crippen molar-refractivity contribution < 1.29 is 23.7 Å². The molecule has 0 aliphatic rings. The summed E-state index contributed by atoms with van der Waals surface area (Å²) in [5, 5.41) is 0.